The van der Waals surface area contributed by atoms with Gasteiger partial charge < -0.3 is 45.1 Å². The molecule has 11 heteroatoms. The number of rotatable bonds is 63. The molecule has 0 radical (unpaired) electrons. The van der Waals surface area contributed by atoms with Crippen LogP contribution in [0, 0.1) is 0 Å². The van der Waals surface area contributed by atoms with E-state index in [-0.39, 0.29) is 18.5 Å². The molecule has 7 atom stereocenters. The second-order valence-corrected chi connectivity index (χ2v) is 24.9. The Labute approximate surface area is 516 Å². The van der Waals surface area contributed by atoms with E-state index < -0.39 is 49.5 Å². The van der Waals surface area contributed by atoms with Crippen LogP contribution in [0.3, 0.4) is 0 Å². The third-order valence-corrected chi connectivity index (χ3v) is 16.9. The smallest absolute Gasteiger partial charge is 0.305 e. The fourth-order valence-corrected chi connectivity index (χ4v) is 11.2. The minimum atomic E-state index is -1.57. The first-order valence-corrected chi connectivity index (χ1v) is 35.9. The van der Waals surface area contributed by atoms with Crippen molar-refractivity contribution in [1.29, 1.82) is 0 Å². The van der Waals surface area contributed by atoms with E-state index in [1.54, 1.807) is 6.08 Å². The molecule has 84 heavy (non-hydrogen) atoms. The second kappa shape index (κ2) is 62.2. The lowest BCUT2D eigenvalue weighted by Crippen LogP contribution is -2.60. The van der Waals surface area contributed by atoms with Crippen molar-refractivity contribution >= 4 is 11.9 Å². The van der Waals surface area contributed by atoms with Crippen LogP contribution in [0.2, 0.25) is 0 Å². The molecule has 1 aliphatic heterocycles. The van der Waals surface area contributed by atoms with E-state index in [9.17, 15) is 35.1 Å². The number of esters is 1. The lowest BCUT2D eigenvalue weighted by molar-refractivity contribution is -0.302. The van der Waals surface area contributed by atoms with Gasteiger partial charge in [-0.25, -0.2) is 0 Å². The predicted molar refractivity (Wildman–Crippen MR) is 352 cm³/mol. The van der Waals surface area contributed by atoms with Gasteiger partial charge in [-0.1, -0.05) is 287 Å². The molecule has 492 valence electrons. The summed E-state index contributed by atoms with van der Waals surface area (Å²) >= 11 is 0. The van der Waals surface area contributed by atoms with E-state index in [0.717, 1.165) is 64.2 Å². The third kappa shape index (κ3) is 50.6. The number of allylic oxidation sites excluding steroid dienone is 7. The Hall–Kier alpha value is -2.38. The van der Waals surface area contributed by atoms with E-state index in [4.69, 9.17) is 14.2 Å². The zero-order valence-electron chi connectivity index (χ0n) is 54.6. The highest BCUT2D eigenvalue weighted by molar-refractivity contribution is 5.76. The summed E-state index contributed by atoms with van der Waals surface area (Å²) in [6.45, 7) is 4.33. The van der Waals surface area contributed by atoms with Gasteiger partial charge in [0.2, 0.25) is 5.91 Å². The molecule has 0 aromatic carbocycles. The topological polar surface area (TPSA) is 175 Å². The van der Waals surface area contributed by atoms with Crippen molar-refractivity contribution in [2.45, 2.75) is 384 Å². The van der Waals surface area contributed by atoms with Gasteiger partial charge in [0.05, 0.1) is 32.0 Å². The van der Waals surface area contributed by atoms with Crippen LogP contribution in [0.25, 0.3) is 0 Å². The van der Waals surface area contributed by atoms with Gasteiger partial charge in [0, 0.05) is 12.8 Å². The monoisotopic (exact) mass is 1190 g/mol. The lowest BCUT2D eigenvalue weighted by Gasteiger charge is -2.40. The van der Waals surface area contributed by atoms with Crippen LogP contribution in [-0.2, 0) is 23.8 Å². The standard InChI is InChI=1S/C73H135NO10/c1-3-5-7-9-11-13-14-15-16-17-32-35-38-41-45-49-53-57-61-69(78)82-62-58-54-50-46-42-39-36-33-30-28-26-24-22-20-18-19-21-23-25-27-29-31-34-37-40-44-48-52-56-60-68(77)74-65(66(76)59-55-51-47-43-12-10-8-6-4-2)64-83-73-72(81)71(80)70(79)67(63-75)84-73/h16-18,20,24,26,55,59,65-67,70-73,75-76,79-81H,3-15,19,21-23,25,27-54,56-58,60-64H2,1-2H3,(H,74,77)/b17-16-,20-18-,26-24-,59-55+. The first-order chi connectivity index (χ1) is 41.2. The highest BCUT2D eigenvalue weighted by atomic mass is 16.7. The summed E-state index contributed by atoms with van der Waals surface area (Å²) in [6, 6.07) is -0.810. The molecule has 1 rings (SSSR count). The van der Waals surface area contributed by atoms with Crippen molar-refractivity contribution in [2.75, 3.05) is 19.8 Å². The molecular formula is C73H135NO10. The molecule has 0 aromatic heterocycles. The largest absolute Gasteiger partial charge is 0.466 e. The first-order valence-electron chi connectivity index (χ1n) is 35.9. The van der Waals surface area contributed by atoms with E-state index in [2.05, 4.69) is 55.6 Å². The molecule has 1 aliphatic rings. The van der Waals surface area contributed by atoms with Gasteiger partial charge in [-0.2, -0.15) is 0 Å². The molecule has 1 fully saturated rings. The molecule has 0 aliphatic carbocycles. The van der Waals surface area contributed by atoms with Crippen molar-refractivity contribution in [1.82, 2.24) is 5.32 Å². The van der Waals surface area contributed by atoms with Crippen LogP contribution in [0.15, 0.2) is 48.6 Å². The van der Waals surface area contributed by atoms with Gasteiger partial charge in [-0.3, -0.25) is 9.59 Å². The normalized spacial score (nSPS) is 18.3. The second-order valence-electron chi connectivity index (χ2n) is 24.9. The summed E-state index contributed by atoms with van der Waals surface area (Å²) in [6.07, 6.45) is 71.2. The molecule has 0 saturated carbocycles. The van der Waals surface area contributed by atoms with Crippen molar-refractivity contribution in [2.24, 2.45) is 0 Å². The number of hydrogen-bond acceptors (Lipinski definition) is 10. The summed E-state index contributed by atoms with van der Waals surface area (Å²) in [4.78, 5) is 25.1. The van der Waals surface area contributed by atoms with E-state index in [1.807, 2.05) is 6.08 Å². The minimum Gasteiger partial charge on any atom is -0.466 e. The fourth-order valence-electron chi connectivity index (χ4n) is 11.2. The first kappa shape index (κ1) is 79.6. The Morgan fingerprint density at radius 2 is 0.798 bits per heavy atom. The van der Waals surface area contributed by atoms with Crippen molar-refractivity contribution < 1.29 is 49.3 Å². The summed E-state index contributed by atoms with van der Waals surface area (Å²) < 4.78 is 16.7. The highest BCUT2D eigenvalue weighted by Gasteiger charge is 2.44. The molecule has 0 aromatic rings. The molecule has 11 nitrogen and oxygen atoms in total. The minimum absolute atomic E-state index is 0.000475. The number of aliphatic hydroxyl groups excluding tert-OH is 5. The molecule has 7 unspecified atom stereocenters. The van der Waals surface area contributed by atoms with Crippen LogP contribution in [0.5, 0.6) is 0 Å². The number of nitrogens with one attached hydrogen (secondary N) is 1. The van der Waals surface area contributed by atoms with Crippen molar-refractivity contribution in [3.05, 3.63) is 48.6 Å². The zero-order valence-corrected chi connectivity index (χ0v) is 54.6. The maximum Gasteiger partial charge on any atom is 0.305 e. The number of unbranched alkanes of at least 4 members (excludes halogenated alkanes) is 43. The van der Waals surface area contributed by atoms with E-state index in [1.165, 1.54) is 250 Å². The number of ether oxygens (including phenoxy) is 3. The maximum atomic E-state index is 13.0. The molecule has 1 amide bonds. The Morgan fingerprint density at radius 3 is 1.21 bits per heavy atom. The summed E-state index contributed by atoms with van der Waals surface area (Å²) in [5, 5.41) is 54.3. The van der Waals surface area contributed by atoms with Crippen LogP contribution >= 0.6 is 0 Å². The molecule has 6 N–H and O–H groups in total. The number of carbonyl (C=O) groups is 2. The average Bonchev–Trinajstić information content (AvgIpc) is 3.69. The molecule has 0 spiro atoms. The van der Waals surface area contributed by atoms with E-state index >= 15 is 0 Å². The van der Waals surface area contributed by atoms with Crippen LogP contribution < -0.4 is 5.32 Å². The summed E-state index contributed by atoms with van der Waals surface area (Å²) in [5.41, 5.74) is 0. The van der Waals surface area contributed by atoms with Gasteiger partial charge in [0.15, 0.2) is 6.29 Å². The Morgan fingerprint density at radius 1 is 0.440 bits per heavy atom. The van der Waals surface area contributed by atoms with Crippen molar-refractivity contribution in [3.63, 3.8) is 0 Å². The van der Waals surface area contributed by atoms with Crippen LogP contribution in [-0.4, -0.2) is 100 Å². The molecule has 1 saturated heterocycles. The number of hydrogen-bond donors (Lipinski definition) is 6. The van der Waals surface area contributed by atoms with Crippen LogP contribution in [0.1, 0.15) is 341 Å². The maximum absolute atomic E-state index is 13.0. The van der Waals surface area contributed by atoms with E-state index in [0.29, 0.717) is 19.4 Å². The predicted octanol–water partition coefficient (Wildman–Crippen LogP) is 18.4. The SMILES string of the molecule is CCCCCCCCC/C=C\CCCCCCCCCC(=O)OCCCCCCCCCCC/C=C\C/C=C\CCCCCCCCCCCCCCCC(=O)NC(COC1OC(CO)C(O)C(O)C1O)C(O)/C=C/CCCCCCCCC. The number of aliphatic hydroxyl groups is 5. The van der Waals surface area contributed by atoms with Gasteiger partial charge in [0.1, 0.15) is 24.4 Å². The Kier molecular flexibility index (Phi) is 59.0. The average molecular weight is 1190 g/mol. The highest BCUT2D eigenvalue weighted by Crippen LogP contribution is 2.23. The Bertz CT molecular complexity index is 1530. The zero-order chi connectivity index (χ0) is 60.9. The molecule has 1 heterocycles. The van der Waals surface area contributed by atoms with Gasteiger partial charge in [0.25, 0.3) is 0 Å². The van der Waals surface area contributed by atoms with Crippen LogP contribution in [0.4, 0.5) is 0 Å². The third-order valence-electron chi connectivity index (χ3n) is 16.9. The van der Waals surface area contributed by atoms with Gasteiger partial charge in [-0.15, -0.1) is 0 Å². The quantitative estimate of drug-likeness (QED) is 0.0195. The van der Waals surface area contributed by atoms with Gasteiger partial charge in [-0.05, 0) is 89.9 Å². The molecule has 0 bridgehead atoms. The molecular weight excluding hydrogens is 1050 g/mol. The summed E-state index contributed by atoms with van der Waals surface area (Å²) in [7, 11) is 0. The summed E-state index contributed by atoms with van der Waals surface area (Å²) in [5.74, 6) is -0.184. The van der Waals surface area contributed by atoms with Gasteiger partial charge >= 0.3 is 5.97 Å². The number of carbonyl (C=O) groups excluding carboxylic acids is 2. The fraction of sp³-hybridized carbons (Fsp3) is 0.863. The Balaban J connectivity index is 1.92. The van der Waals surface area contributed by atoms with Crippen molar-refractivity contribution in [3.8, 4) is 0 Å². The lowest BCUT2D eigenvalue weighted by atomic mass is 9.99. The number of amides is 1.